The molecule has 6 heteroatoms. The number of furan rings is 1. The number of hydrogen-bond donors (Lipinski definition) is 1. The summed E-state index contributed by atoms with van der Waals surface area (Å²) in [6.45, 7) is 4.82. The third kappa shape index (κ3) is 4.75. The van der Waals surface area contributed by atoms with Crippen molar-refractivity contribution in [2.45, 2.75) is 89.8 Å². The topological polar surface area (TPSA) is 67.5 Å². The van der Waals surface area contributed by atoms with Crippen LogP contribution in [0.5, 0.6) is 0 Å². The van der Waals surface area contributed by atoms with Crippen LogP contribution in [0, 0.1) is 6.92 Å². The van der Waals surface area contributed by atoms with Crippen LogP contribution < -0.4 is 5.32 Å². The lowest BCUT2D eigenvalue weighted by Crippen LogP contribution is -2.65. The molecular weight excluding hydrogens is 438 g/mol. The predicted molar refractivity (Wildman–Crippen MR) is 137 cm³/mol. The Kier molecular flexibility index (Phi) is 6.72. The lowest BCUT2D eigenvalue weighted by atomic mass is 9.91. The van der Waals surface area contributed by atoms with Gasteiger partial charge in [-0.2, -0.15) is 0 Å². The Morgan fingerprint density at radius 2 is 1.80 bits per heavy atom. The molecule has 2 amide bonds. The van der Waals surface area contributed by atoms with Gasteiger partial charge < -0.3 is 19.2 Å². The largest absolute Gasteiger partial charge is 0.460 e. The van der Waals surface area contributed by atoms with Crippen LogP contribution in [0.1, 0.15) is 80.1 Å². The first-order valence-electron chi connectivity index (χ1n) is 13.2. The smallest absolute Gasteiger partial charge is 0.271 e. The van der Waals surface area contributed by atoms with Gasteiger partial charge in [0.1, 0.15) is 17.0 Å². The lowest BCUT2D eigenvalue weighted by molar-refractivity contribution is -0.133. The van der Waals surface area contributed by atoms with E-state index in [2.05, 4.69) is 17.4 Å². The highest BCUT2D eigenvalue weighted by Crippen LogP contribution is 2.34. The first kappa shape index (κ1) is 23.7. The van der Waals surface area contributed by atoms with Gasteiger partial charge in [0.15, 0.2) is 5.58 Å². The van der Waals surface area contributed by atoms with Gasteiger partial charge in [-0.25, -0.2) is 0 Å². The summed E-state index contributed by atoms with van der Waals surface area (Å²) in [5, 5.41) is 3.36. The van der Waals surface area contributed by atoms with E-state index in [1.807, 2.05) is 53.6 Å². The van der Waals surface area contributed by atoms with E-state index in [0.717, 1.165) is 49.8 Å². The maximum absolute atomic E-state index is 13.9. The summed E-state index contributed by atoms with van der Waals surface area (Å²) in [5.41, 5.74) is 2.49. The molecule has 1 atom stereocenters. The van der Waals surface area contributed by atoms with Crippen LogP contribution in [-0.2, 0) is 17.8 Å². The Bertz CT molecular complexity index is 1190. The van der Waals surface area contributed by atoms with E-state index < -0.39 is 5.54 Å². The maximum Gasteiger partial charge on any atom is 0.271 e. The van der Waals surface area contributed by atoms with Gasteiger partial charge in [0.05, 0.1) is 12.1 Å². The summed E-state index contributed by atoms with van der Waals surface area (Å²) in [6.07, 6.45) is 9.77. The highest BCUT2D eigenvalue weighted by atomic mass is 16.3. The Balaban J connectivity index is 1.42. The van der Waals surface area contributed by atoms with Gasteiger partial charge in [0.25, 0.3) is 5.91 Å². The van der Waals surface area contributed by atoms with Gasteiger partial charge in [-0.3, -0.25) is 9.59 Å². The molecule has 0 saturated heterocycles. The molecule has 3 heterocycles. The van der Waals surface area contributed by atoms with Crippen molar-refractivity contribution in [1.82, 2.24) is 14.8 Å². The van der Waals surface area contributed by atoms with Crippen LogP contribution in [0.15, 0.2) is 46.9 Å². The molecule has 1 aliphatic carbocycles. The van der Waals surface area contributed by atoms with E-state index >= 15 is 0 Å². The lowest BCUT2D eigenvalue weighted by Gasteiger charge is -2.44. The number of nitrogens with one attached hydrogen (secondary N) is 1. The summed E-state index contributed by atoms with van der Waals surface area (Å²) in [6, 6.07) is 14.3. The number of amides is 2. The van der Waals surface area contributed by atoms with Crippen molar-refractivity contribution in [3.63, 3.8) is 0 Å². The molecule has 1 saturated carbocycles. The van der Waals surface area contributed by atoms with E-state index in [1.54, 1.807) is 0 Å². The van der Waals surface area contributed by atoms with E-state index in [4.69, 9.17) is 4.42 Å². The molecule has 0 spiro atoms. The number of aryl methyl sites for hydroxylation is 2. The van der Waals surface area contributed by atoms with Crippen LogP contribution in [0.25, 0.3) is 11.1 Å². The van der Waals surface area contributed by atoms with Crippen LogP contribution in [0.2, 0.25) is 0 Å². The number of aromatic nitrogens is 1. The third-order valence-electron chi connectivity index (χ3n) is 7.86. The van der Waals surface area contributed by atoms with Crippen molar-refractivity contribution >= 4 is 22.9 Å². The maximum atomic E-state index is 13.9. The molecule has 1 aliphatic heterocycles. The highest BCUT2D eigenvalue weighted by Gasteiger charge is 2.48. The second-order valence-electron chi connectivity index (χ2n) is 10.6. The first-order valence-corrected chi connectivity index (χ1v) is 13.2. The summed E-state index contributed by atoms with van der Waals surface area (Å²) in [5.74, 6) is 0.677. The summed E-state index contributed by atoms with van der Waals surface area (Å²) in [7, 11) is 0. The van der Waals surface area contributed by atoms with Gasteiger partial charge in [0.2, 0.25) is 5.91 Å². The molecule has 186 valence electrons. The zero-order valence-electron chi connectivity index (χ0n) is 21.0. The zero-order valence-corrected chi connectivity index (χ0v) is 21.0. The predicted octanol–water partition coefficient (Wildman–Crippen LogP) is 5.62. The molecule has 1 fully saturated rings. The SMILES string of the molecule is Cc1cc2c(cc3n2CC(C)(C(=O)NC2CCCCCCC2)N(CCCc2ccccc2)C3=O)o1. The molecule has 0 bridgehead atoms. The molecule has 6 nitrogen and oxygen atoms in total. The fourth-order valence-corrected chi connectivity index (χ4v) is 5.84. The second-order valence-corrected chi connectivity index (χ2v) is 10.6. The molecular formula is C29H37N3O3. The average molecular weight is 476 g/mol. The second kappa shape index (κ2) is 9.92. The molecule has 35 heavy (non-hydrogen) atoms. The number of benzene rings is 1. The van der Waals surface area contributed by atoms with Crippen molar-refractivity contribution in [2.24, 2.45) is 0 Å². The minimum Gasteiger partial charge on any atom is -0.460 e. The minimum absolute atomic E-state index is 0.0381. The zero-order chi connectivity index (χ0) is 24.4. The summed E-state index contributed by atoms with van der Waals surface area (Å²) >= 11 is 0. The average Bonchev–Trinajstić information content (AvgIpc) is 3.35. The number of hydrogen-bond acceptors (Lipinski definition) is 3. The van der Waals surface area contributed by atoms with Crippen LogP contribution in [0.4, 0.5) is 0 Å². The Morgan fingerprint density at radius 3 is 2.54 bits per heavy atom. The molecule has 0 radical (unpaired) electrons. The minimum atomic E-state index is -0.958. The van der Waals surface area contributed by atoms with Gasteiger partial charge in [-0.05, 0) is 45.1 Å². The van der Waals surface area contributed by atoms with Gasteiger partial charge in [-0.15, -0.1) is 0 Å². The van der Waals surface area contributed by atoms with Crippen molar-refractivity contribution in [3.05, 3.63) is 59.5 Å². The number of rotatable bonds is 6. The van der Waals surface area contributed by atoms with Crippen molar-refractivity contribution in [2.75, 3.05) is 6.54 Å². The number of fused-ring (bicyclic) bond motifs is 3. The fourth-order valence-electron chi connectivity index (χ4n) is 5.84. The van der Waals surface area contributed by atoms with E-state index in [1.165, 1.54) is 24.8 Å². The van der Waals surface area contributed by atoms with Crippen molar-refractivity contribution in [3.8, 4) is 0 Å². The Labute approximate surface area is 207 Å². The van der Waals surface area contributed by atoms with E-state index in [-0.39, 0.29) is 17.9 Å². The summed E-state index contributed by atoms with van der Waals surface area (Å²) < 4.78 is 7.81. The van der Waals surface area contributed by atoms with Crippen molar-refractivity contribution in [1.29, 1.82) is 0 Å². The van der Waals surface area contributed by atoms with Crippen molar-refractivity contribution < 1.29 is 14.0 Å². The highest BCUT2D eigenvalue weighted by molar-refractivity contribution is 6.03. The van der Waals surface area contributed by atoms with Gasteiger partial charge in [0, 0.05) is 24.7 Å². The van der Waals surface area contributed by atoms with E-state index in [0.29, 0.717) is 24.4 Å². The molecule has 1 aromatic carbocycles. The standard InChI is InChI=1S/C29H37N3O3/c1-21-18-24-26(35-21)19-25-27(33)32(17-11-14-22-12-7-6-8-13-22)29(2,20-31(24)25)28(34)30-23-15-9-4-3-5-10-16-23/h6-8,12-13,18-19,23H,3-5,9-11,14-17,20H2,1-2H3,(H,30,34). The van der Waals surface area contributed by atoms with Crippen LogP contribution in [-0.4, -0.2) is 39.4 Å². The number of nitrogens with zero attached hydrogens (tertiary/aromatic N) is 2. The normalized spacial score (nSPS) is 21.5. The molecule has 1 unspecified atom stereocenters. The molecule has 1 N–H and O–H groups in total. The molecule has 5 rings (SSSR count). The van der Waals surface area contributed by atoms with E-state index in [9.17, 15) is 9.59 Å². The summed E-state index contributed by atoms with van der Waals surface area (Å²) in [4.78, 5) is 29.5. The molecule has 2 aliphatic rings. The first-order chi connectivity index (χ1) is 17.0. The Morgan fingerprint density at radius 1 is 1.09 bits per heavy atom. The Hall–Kier alpha value is -3.02. The van der Waals surface area contributed by atoms with Gasteiger partial charge >= 0.3 is 0 Å². The number of carbonyl (C=O) groups is 2. The van der Waals surface area contributed by atoms with Gasteiger partial charge in [-0.1, -0.05) is 62.4 Å². The quantitative estimate of drug-likeness (QED) is 0.503. The monoisotopic (exact) mass is 475 g/mol. The fraction of sp³-hybridized carbons (Fsp3) is 0.517. The molecule has 2 aromatic heterocycles. The molecule has 3 aromatic rings. The third-order valence-corrected chi connectivity index (χ3v) is 7.86. The van der Waals surface area contributed by atoms with Crippen LogP contribution >= 0.6 is 0 Å². The number of carbonyl (C=O) groups excluding carboxylic acids is 2. The van der Waals surface area contributed by atoms with Crippen LogP contribution in [0.3, 0.4) is 0 Å².